The lowest BCUT2D eigenvalue weighted by molar-refractivity contribution is 1.29. The molecule has 0 fully saturated rings. The molecule has 0 aliphatic heterocycles. The molecule has 0 aliphatic rings. The van der Waals surface area contributed by atoms with Gasteiger partial charge in [-0.2, -0.15) is 0 Å². The highest BCUT2D eigenvalue weighted by atomic mass is 14.7. The summed E-state index contributed by atoms with van der Waals surface area (Å²) in [6.45, 7) is 10.2. The van der Waals surface area contributed by atoms with E-state index in [4.69, 9.17) is 0 Å². The van der Waals surface area contributed by atoms with Gasteiger partial charge in [0.15, 0.2) is 0 Å². The second-order valence-corrected chi connectivity index (χ2v) is 4.31. The summed E-state index contributed by atoms with van der Waals surface area (Å²) < 4.78 is 0. The summed E-state index contributed by atoms with van der Waals surface area (Å²) >= 11 is 0. The minimum absolute atomic E-state index is 1.21. The molecule has 0 radical (unpaired) electrons. The molecular weight excluding hydrogens is 194 g/mol. The van der Waals surface area contributed by atoms with Crippen LogP contribution < -0.4 is 10.6 Å². The van der Waals surface area contributed by atoms with E-state index >= 15 is 0 Å². The Labute approximate surface area is 95.8 Å². The maximum atomic E-state index is 3.79. The minimum Gasteiger partial charge on any atom is -0.354 e. The molecule has 0 saturated heterocycles. The van der Waals surface area contributed by atoms with Gasteiger partial charge in [0, 0.05) is 21.5 Å². The first-order chi connectivity index (χ1) is 7.65. The molecule has 82 valence electrons. The number of hydrogen-bond donors (Lipinski definition) is 1. The van der Waals surface area contributed by atoms with Crippen LogP contribution in [0.15, 0.2) is 30.9 Å². The molecular formula is C15H17N. The fourth-order valence-corrected chi connectivity index (χ4v) is 2.07. The average Bonchev–Trinajstić information content (AvgIpc) is 2.60. The van der Waals surface area contributed by atoms with Gasteiger partial charge >= 0.3 is 0 Å². The molecule has 0 aliphatic carbocycles. The Hall–Kier alpha value is -1.76. The average molecular weight is 211 g/mol. The number of H-pyrrole nitrogens is 1. The van der Waals surface area contributed by atoms with Crippen LogP contribution in [0.2, 0.25) is 0 Å². The molecule has 0 bridgehead atoms. The molecule has 0 spiro atoms. The number of aromatic nitrogens is 1. The van der Waals surface area contributed by atoms with Crippen molar-refractivity contribution in [2.45, 2.75) is 20.8 Å². The highest BCUT2D eigenvalue weighted by molar-refractivity contribution is 5.84. The number of rotatable bonds is 1. The Balaban J connectivity index is 3.12. The van der Waals surface area contributed by atoms with Gasteiger partial charge in [-0.05, 0) is 26.3 Å². The first kappa shape index (κ1) is 10.7. The molecule has 2 rings (SSSR count). The molecule has 0 atom stereocenters. The lowest BCUT2D eigenvalue weighted by atomic mass is 10.1. The Morgan fingerprint density at radius 1 is 1.31 bits per heavy atom. The van der Waals surface area contributed by atoms with Gasteiger partial charge in [-0.1, -0.05) is 42.5 Å². The van der Waals surface area contributed by atoms with Crippen LogP contribution >= 0.6 is 0 Å². The molecule has 0 saturated carbocycles. The Morgan fingerprint density at radius 2 is 2.06 bits per heavy atom. The van der Waals surface area contributed by atoms with Crippen molar-refractivity contribution >= 4 is 22.6 Å². The number of aryl methyl sites for hydroxylation is 1. The van der Waals surface area contributed by atoms with Crippen LogP contribution in [0, 0.1) is 6.92 Å². The largest absolute Gasteiger partial charge is 0.354 e. The van der Waals surface area contributed by atoms with E-state index in [0.717, 1.165) is 0 Å². The van der Waals surface area contributed by atoms with Crippen LogP contribution in [0.3, 0.4) is 0 Å². The third kappa shape index (κ3) is 1.58. The molecule has 1 heteroatoms. The van der Waals surface area contributed by atoms with Crippen LogP contribution in [0.4, 0.5) is 0 Å². The van der Waals surface area contributed by atoms with E-state index in [-0.39, 0.29) is 0 Å². The second kappa shape index (κ2) is 4.01. The molecule has 16 heavy (non-hydrogen) atoms. The van der Waals surface area contributed by atoms with Crippen LogP contribution in [0.25, 0.3) is 22.6 Å². The van der Waals surface area contributed by atoms with Crippen molar-refractivity contribution < 1.29 is 0 Å². The standard InChI is InChI=1S/C15H17N/c1-5-7-12-13-9-6-8-11(4)15(13)16-14(12)10(2)3/h5-9,16H,1H2,2-4H3/b12-7-. The van der Waals surface area contributed by atoms with E-state index in [2.05, 4.69) is 56.6 Å². The topological polar surface area (TPSA) is 15.8 Å². The predicted molar refractivity (Wildman–Crippen MR) is 71.7 cm³/mol. The number of benzene rings is 1. The zero-order valence-corrected chi connectivity index (χ0v) is 10.1. The fraction of sp³-hybridized carbons (Fsp3) is 0.200. The predicted octanol–water partition coefficient (Wildman–Crippen LogP) is 2.63. The van der Waals surface area contributed by atoms with Crippen molar-refractivity contribution in [2.75, 3.05) is 0 Å². The monoisotopic (exact) mass is 211 g/mol. The summed E-state index contributed by atoms with van der Waals surface area (Å²) in [5.41, 5.74) is 3.80. The number of allylic oxidation sites excluding steroid dienone is 1. The van der Waals surface area contributed by atoms with Gasteiger partial charge in [0.05, 0.1) is 0 Å². The summed E-state index contributed by atoms with van der Waals surface area (Å²) in [6, 6.07) is 6.38. The van der Waals surface area contributed by atoms with E-state index in [9.17, 15) is 0 Å². The highest BCUT2D eigenvalue weighted by Gasteiger charge is 2.02. The number of nitrogens with one attached hydrogen (secondary N) is 1. The van der Waals surface area contributed by atoms with E-state index in [1.165, 1.54) is 32.6 Å². The summed E-state index contributed by atoms with van der Waals surface area (Å²) in [7, 11) is 0. The van der Waals surface area contributed by atoms with Gasteiger partial charge in [-0.25, -0.2) is 0 Å². The van der Waals surface area contributed by atoms with E-state index in [1.807, 2.05) is 6.08 Å². The molecule has 1 aromatic carbocycles. The zero-order chi connectivity index (χ0) is 11.7. The van der Waals surface area contributed by atoms with Crippen molar-refractivity contribution in [1.82, 2.24) is 4.98 Å². The van der Waals surface area contributed by atoms with Crippen molar-refractivity contribution in [3.05, 3.63) is 47.0 Å². The number of para-hydroxylation sites is 1. The van der Waals surface area contributed by atoms with Crippen molar-refractivity contribution in [3.8, 4) is 0 Å². The Kier molecular flexibility index (Phi) is 2.69. The van der Waals surface area contributed by atoms with Crippen molar-refractivity contribution in [1.29, 1.82) is 0 Å². The third-order valence-electron chi connectivity index (χ3n) is 2.87. The van der Waals surface area contributed by atoms with Crippen LogP contribution in [0.1, 0.15) is 19.4 Å². The van der Waals surface area contributed by atoms with E-state index < -0.39 is 0 Å². The van der Waals surface area contributed by atoms with Crippen molar-refractivity contribution in [2.24, 2.45) is 0 Å². The summed E-state index contributed by atoms with van der Waals surface area (Å²) in [5, 5.41) is 3.73. The third-order valence-corrected chi connectivity index (χ3v) is 2.87. The van der Waals surface area contributed by atoms with Gasteiger partial charge < -0.3 is 4.98 Å². The highest BCUT2D eigenvalue weighted by Crippen LogP contribution is 2.10. The second-order valence-electron chi connectivity index (χ2n) is 4.31. The minimum atomic E-state index is 1.21. The van der Waals surface area contributed by atoms with Gasteiger partial charge in [0.25, 0.3) is 0 Å². The molecule has 2 aromatic rings. The van der Waals surface area contributed by atoms with Gasteiger partial charge in [0.2, 0.25) is 0 Å². The lowest BCUT2D eigenvalue weighted by Crippen LogP contribution is -2.24. The molecule has 0 amide bonds. The first-order valence-corrected chi connectivity index (χ1v) is 5.52. The normalized spacial score (nSPS) is 12.1. The number of fused-ring (bicyclic) bond motifs is 1. The van der Waals surface area contributed by atoms with E-state index in [1.54, 1.807) is 0 Å². The maximum absolute atomic E-state index is 3.79. The Morgan fingerprint density at radius 3 is 2.69 bits per heavy atom. The number of aromatic amines is 1. The summed E-state index contributed by atoms with van der Waals surface area (Å²) in [5.74, 6) is 0. The van der Waals surface area contributed by atoms with Crippen LogP contribution in [-0.4, -0.2) is 4.98 Å². The lowest BCUT2D eigenvalue weighted by Gasteiger charge is -1.93. The van der Waals surface area contributed by atoms with Crippen molar-refractivity contribution in [3.63, 3.8) is 0 Å². The number of hydrogen-bond acceptors (Lipinski definition) is 0. The fourth-order valence-electron chi connectivity index (χ4n) is 2.07. The maximum Gasteiger partial charge on any atom is 0.0494 e. The van der Waals surface area contributed by atoms with Gasteiger partial charge in [0.1, 0.15) is 0 Å². The Bertz CT molecular complexity index is 653. The SMILES string of the molecule is C=C/C=c1\c(=C(C)C)[nH]c2c(C)cccc12. The van der Waals surface area contributed by atoms with Crippen LogP contribution in [0.5, 0.6) is 0 Å². The first-order valence-electron chi connectivity index (χ1n) is 5.52. The van der Waals surface area contributed by atoms with Gasteiger partial charge in [-0.3, -0.25) is 0 Å². The summed E-state index contributed by atoms with van der Waals surface area (Å²) in [4.78, 5) is 3.50. The molecule has 1 heterocycles. The quantitative estimate of drug-likeness (QED) is 0.746. The van der Waals surface area contributed by atoms with E-state index in [0.29, 0.717) is 0 Å². The molecule has 1 nitrogen and oxygen atoms in total. The smallest absolute Gasteiger partial charge is 0.0494 e. The molecule has 1 N–H and O–H groups in total. The zero-order valence-electron chi connectivity index (χ0n) is 10.1. The summed E-state index contributed by atoms with van der Waals surface area (Å²) in [6.07, 6.45) is 3.91. The van der Waals surface area contributed by atoms with Gasteiger partial charge in [-0.15, -0.1) is 0 Å². The van der Waals surface area contributed by atoms with Crippen LogP contribution in [-0.2, 0) is 0 Å². The molecule has 0 unspecified atom stereocenters. The molecule has 1 aromatic heterocycles.